The molecule has 0 bridgehead atoms. The Morgan fingerprint density at radius 2 is 2.38 bits per heavy atom. The van der Waals surface area contributed by atoms with Crippen LogP contribution in [0.2, 0.25) is 0 Å². The van der Waals surface area contributed by atoms with Crippen LogP contribution in [0.15, 0.2) is 45.2 Å². The lowest BCUT2D eigenvalue weighted by atomic mass is 10.2. The summed E-state index contributed by atoms with van der Waals surface area (Å²) in [6.07, 6.45) is 3.10. The molecule has 1 heterocycles. The fraction of sp³-hybridized carbons (Fsp3) is 0.182. The van der Waals surface area contributed by atoms with Crippen molar-refractivity contribution in [3.8, 4) is 0 Å². The van der Waals surface area contributed by atoms with Gasteiger partial charge in [0.05, 0.1) is 6.20 Å². The van der Waals surface area contributed by atoms with Crippen molar-refractivity contribution in [3.63, 3.8) is 0 Å². The lowest BCUT2D eigenvalue weighted by molar-refractivity contribution is 0.454. The molecule has 0 saturated heterocycles. The number of nitrogens with one attached hydrogen (secondary N) is 1. The normalized spacial score (nSPS) is 10.6. The number of halogens is 1. The van der Waals surface area contributed by atoms with Crippen LogP contribution < -0.4 is 5.32 Å². The average Bonchev–Trinajstić information content (AvgIpc) is 2.75. The molecule has 1 N–H and O–H groups in total. The van der Waals surface area contributed by atoms with Gasteiger partial charge in [0.15, 0.2) is 0 Å². The molecule has 3 nitrogen and oxygen atoms in total. The van der Waals surface area contributed by atoms with E-state index in [9.17, 15) is 4.39 Å². The van der Waals surface area contributed by atoms with Gasteiger partial charge in [-0.1, -0.05) is 0 Å². The van der Waals surface area contributed by atoms with E-state index in [0.717, 1.165) is 10.5 Å². The van der Waals surface area contributed by atoms with Crippen molar-refractivity contribution in [2.24, 2.45) is 0 Å². The van der Waals surface area contributed by atoms with E-state index < -0.39 is 0 Å². The molecule has 5 heteroatoms. The first-order valence-electron chi connectivity index (χ1n) is 4.80. The zero-order valence-corrected chi connectivity index (χ0v) is 9.55. The van der Waals surface area contributed by atoms with E-state index in [-0.39, 0.29) is 5.82 Å². The molecule has 2 rings (SSSR count). The summed E-state index contributed by atoms with van der Waals surface area (Å²) in [5, 5.41) is 3.56. The lowest BCUT2D eigenvalue weighted by Crippen LogP contribution is -2.06. The van der Waals surface area contributed by atoms with E-state index in [1.807, 2.05) is 7.05 Å². The minimum Gasteiger partial charge on any atom is -0.440 e. The molecule has 0 atom stereocenters. The molecule has 0 aliphatic rings. The average molecular weight is 238 g/mol. The molecular weight excluding hydrogens is 227 g/mol. The minimum absolute atomic E-state index is 0.234. The second-order valence-corrected chi connectivity index (χ2v) is 4.18. The van der Waals surface area contributed by atoms with Crippen molar-refractivity contribution in [1.82, 2.24) is 10.3 Å². The van der Waals surface area contributed by atoms with Gasteiger partial charge >= 0.3 is 0 Å². The molecule has 1 aromatic carbocycles. The maximum Gasteiger partial charge on any atom is 0.260 e. The van der Waals surface area contributed by atoms with Gasteiger partial charge < -0.3 is 9.73 Å². The predicted molar refractivity (Wildman–Crippen MR) is 59.8 cm³/mol. The number of oxazole rings is 1. The third-order valence-electron chi connectivity index (χ3n) is 2.00. The highest BCUT2D eigenvalue weighted by Crippen LogP contribution is 2.29. The second-order valence-electron chi connectivity index (χ2n) is 3.18. The van der Waals surface area contributed by atoms with Crippen molar-refractivity contribution in [2.75, 3.05) is 7.05 Å². The first-order chi connectivity index (χ1) is 7.79. The first kappa shape index (κ1) is 11.2. The van der Waals surface area contributed by atoms with Gasteiger partial charge in [0, 0.05) is 11.4 Å². The Kier molecular flexibility index (Phi) is 3.58. The van der Waals surface area contributed by atoms with Gasteiger partial charge in [-0.15, -0.1) is 0 Å². The van der Waals surface area contributed by atoms with Crippen LogP contribution in [-0.2, 0) is 6.54 Å². The van der Waals surface area contributed by atoms with Gasteiger partial charge in [-0.05, 0) is 42.6 Å². The maximum absolute atomic E-state index is 13.1. The molecule has 0 unspecified atom stereocenters. The number of benzene rings is 1. The number of hydrogen-bond acceptors (Lipinski definition) is 4. The Labute approximate surface area is 97.1 Å². The van der Waals surface area contributed by atoms with Crippen LogP contribution in [-0.4, -0.2) is 12.0 Å². The van der Waals surface area contributed by atoms with E-state index >= 15 is 0 Å². The van der Waals surface area contributed by atoms with Crippen LogP contribution in [0, 0.1) is 5.82 Å². The van der Waals surface area contributed by atoms with Gasteiger partial charge in [0.1, 0.15) is 12.1 Å². The molecule has 0 aliphatic heterocycles. The highest BCUT2D eigenvalue weighted by molar-refractivity contribution is 7.99. The van der Waals surface area contributed by atoms with Crippen molar-refractivity contribution in [2.45, 2.75) is 16.7 Å². The molecule has 0 amide bonds. The molecule has 16 heavy (non-hydrogen) atoms. The van der Waals surface area contributed by atoms with Crippen LogP contribution in [0.3, 0.4) is 0 Å². The van der Waals surface area contributed by atoms with Gasteiger partial charge in [0.25, 0.3) is 5.22 Å². The Balaban J connectivity index is 2.25. The fourth-order valence-corrected chi connectivity index (χ4v) is 2.13. The number of aromatic nitrogens is 1. The number of hydrogen-bond donors (Lipinski definition) is 1. The van der Waals surface area contributed by atoms with Gasteiger partial charge in [0.2, 0.25) is 0 Å². The summed E-state index contributed by atoms with van der Waals surface area (Å²) in [6.45, 7) is 0.612. The summed E-state index contributed by atoms with van der Waals surface area (Å²) >= 11 is 1.39. The third-order valence-corrected chi connectivity index (χ3v) is 2.99. The molecule has 84 valence electrons. The molecule has 0 saturated carbocycles. The van der Waals surface area contributed by atoms with E-state index in [1.54, 1.807) is 12.3 Å². The SMILES string of the molecule is CNCc1cc(F)ccc1Sc1ncco1. The van der Waals surface area contributed by atoms with Crippen molar-refractivity contribution in [3.05, 3.63) is 42.0 Å². The summed E-state index contributed by atoms with van der Waals surface area (Å²) in [5.41, 5.74) is 0.894. The zero-order chi connectivity index (χ0) is 11.4. The zero-order valence-electron chi connectivity index (χ0n) is 8.74. The third kappa shape index (κ3) is 2.62. The Morgan fingerprint density at radius 1 is 1.50 bits per heavy atom. The van der Waals surface area contributed by atoms with Crippen LogP contribution in [0.4, 0.5) is 4.39 Å². The monoisotopic (exact) mass is 238 g/mol. The molecular formula is C11H11FN2OS. The van der Waals surface area contributed by atoms with E-state index in [2.05, 4.69) is 10.3 Å². The highest BCUT2D eigenvalue weighted by Gasteiger charge is 2.07. The van der Waals surface area contributed by atoms with Gasteiger partial charge in [-0.2, -0.15) is 0 Å². The Morgan fingerprint density at radius 3 is 3.06 bits per heavy atom. The Bertz CT molecular complexity index is 459. The summed E-state index contributed by atoms with van der Waals surface area (Å²) in [5.74, 6) is -0.234. The van der Waals surface area contributed by atoms with E-state index in [4.69, 9.17) is 4.42 Å². The smallest absolute Gasteiger partial charge is 0.260 e. The fourth-order valence-electron chi connectivity index (χ4n) is 1.33. The standard InChI is InChI=1S/C11H11FN2OS/c1-13-7-8-6-9(12)2-3-10(8)16-11-14-4-5-15-11/h2-6,13H,7H2,1H3. The predicted octanol–water partition coefficient (Wildman–Crippen LogP) is 2.68. The van der Waals surface area contributed by atoms with Gasteiger partial charge in [-0.3, -0.25) is 0 Å². The van der Waals surface area contributed by atoms with Crippen molar-refractivity contribution >= 4 is 11.8 Å². The van der Waals surface area contributed by atoms with Crippen molar-refractivity contribution in [1.29, 1.82) is 0 Å². The first-order valence-corrected chi connectivity index (χ1v) is 5.61. The molecule has 2 aromatic rings. The molecule has 0 fully saturated rings. The highest BCUT2D eigenvalue weighted by atomic mass is 32.2. The van der Waals surface area contributed by atoms with Gasteiger partial charge in [-0.25, -0.2) is 9.37 Å². The van der Waals surface area contributed by atoms with E-state index in [1.165, 1.54) is 30.2 Å². The van der Waals surface area contributed by atoms with Crippen LogP contribution >= 0.6 is 11.8 Å². The van der Waals surface area contributed by atoms with Crippen LogP contribution in [0.25, 0.3) is 0 Å². The summed E-state index contributed by atoms with van der Waals surface area (Å²) in [6, 6.07) is 4.68. The van der Waals surface area contributed by atoms with Crippen molar-refractivity contribution < 1.29 is 8.81 Å². The molecule has 0 spiro atoms. The van der Waals surface area contributed by atoms with Crippen LogP contribution in [0.1, 0.15) is 5.56 Å². The van der Waals surface area contributed by atoms with E-state index in [0.29, 0.717) is 11.8 Å². The number of rotatable bonds is 4. The van der Waals surface area contributed by atoms with Crippen LogP contribution in [0.5, 0.6) is 0 Å². The molecule has 0 aliphatic carbocycles. The topological polar surface area (TPSA) is 38.1 Å². The summed E-state index contributed by atoms with van der Waals surface area (Å²) in [4.78, 5) is 4.96. The minimum atomic E-state index is -0.234. The maximum atomic E-state index is 13.1. The largest absolute Gasteiger partial charge is 0.440 e. The molecule has 1 aromatic heterocycles. The lowest BCUT2D eigenvalue weighted by Gasteiger charge is -2.06. The second kappa shape index (κ2) is 5.14. The Hall–Kier alpha value is -1.33. The quantitative estimate of drug-likeness (QED) is 0.888. The number of nitrogens with zero attached hydrogens (tertiary/aromatic N) is 1. The molecule has 0 radical (unpaired) electrons. The summed E-state index contributed by atoms with van der Waals surface area (Å²) in [7, 11) is 1.82. The summed E-state index contributed by atoms with van der Waals surface area (Å²) < 4.78 is 18.2.